The predicted octanol–water partition coefficient (Wildman–Crippen LogP) is 4.27. The van der Waals surface area contributed by atoms with E-state index in [0.29, 0.717) is 0 Å². The van der Waals surface area contributed by atoms with Gasteiger partial charge in [-0.15, -0.1) is 0 Å². The van der Waals surface area contributed by atoms with Crippen molar-refractivity contribution in [3.8, 4) is 11.5 Å². The first-order chi connectivity index (χ1) is 10.3. The maximum absolute atomic E-state index is 5.41. The first kappa shape index (κ1) is 15.2. The van der Waals surface area contributed by atoms with Crippen molar-refractivity contribution in [2.75, 3.05) is 19.5 Å². The molecule has 0 saturated carbocycles. The van der Waals surface area contributed by atoms with Gasteiger partial charge in [-0.1, -0.05) is 25.5 Å². The van der Waals surface area contributed by atoms with Gasteiger partial charge < -0.3 is 14.8 Å². The minimum atomic E-state index is 0.723. The second kappa shape index (κ2) is 7.58. The van der Waals surface area contributed by atoms with E-state index < -0.39 is 0 Å². The van der Waals surface area contributed by atoms with Crippen molar-refractivity contribution in [3.05, 3.63) is 53.6 Å². The lowest BCUT2D eigenvalue weighted by molar-refractivity contribution is 0.391. The van der Waals surface area contributed by atoms with Crippen LogP contribution in [-0.2, 0) is 13.0 Å². The number of aryl methyl sites for hydroxylation is 1. The van der Waals surface area contributed by atoms with Gasteiger partial charge in [0.15, 0.2) is 0 Å². The summed E-state index contributed by atoms with van der Waals surface area (Å²) >= 11 is 0. The molecule has 0 unspecified atom stereocenters. The van der Waals surface area contributed by atoms with Crippen molar-refractivity contribution in [2.45, 2.75) is 26.3 Å². The molecule has 0 spiro atoms. The van der Waals surface area contributed by atoms with Crippen LogP contribution in [0.2, 0.25) is 0 Å². The zero-order chi connectivity index (χ0) is 15.1. The van der Waals surface area contributed by atoms with Gasteiger partial charge in [-0.2, -0.15) is 0 Å². The molecule has 0 bridgehead atoms. The van der Waals surface area contributed by atoms with Crippen molar-refractivity contribution < 1.29 is 9.47 Å². The Hall–Kier alpha value is -2.16. The van der Waals surface area contributed by atoms with E-state index in [1.54, 1.807) is 14.2 Å². The summed E-state index contributed by atoms with van der Waals surface area (Å²) in [6.45, 7) is 2.92. The third-order valence-electron chi connectivity index (χ3n) is 3.47. The third kappa shape index (κ3) is 4.15. The molecule has 0 atom stereocenters. The van der Waals surface area contributed by atoms with Crippen molar-refractivity contribution in [3.63, 3.8) is 0 Å². The highest BCUT2D eigenvalue weighted by molar-refractivity contribution is 5.47. The van der Waals surface area contributed by atoms with Crippen LogP contribution in [0.5, 0.6) is 11.5 Å². The van der Waals surface area contributed by atoms with Gasteiger partial charge in [-0.3, -0.25) is 0 Å². The van der Waals surface area contributed by atoms with Gasteiger partial charge in [0.2, 0.25) is 0 Å². The van der Waals surface area contributed by atoms with Crippen molar-refractivity contribution in [1.29, 1.82) is 0 Å². The van der Waals surface area contributed by atoms with Crippen LogP contribution in [-0.4, -0.2) is 14.2 Å². The number of nitrogens with one attached hydrogen (secondary N) is 1. The fourth-order valence-electron chi connectivity index (χ4n) is 2.27. The smallest absolute Gasteiger partial charge is 0.127 e. The molecular weight excluding hydrogens is 262 g/mol. The number of ether oxygens (including phenoxy) is 2. The first-order valence-corrected chi connectivity index (χ1v) is 7.30. The highest BCUT2D eigenvalue weighted by Crippen LogP contribution is 2.25. The molecule has 2 aromatic carbocycles. The highest BCUT2D eigenvalue weighted by Gasteiger charge is 2.05. The molecule has 1 N–H and O–H groups in total. The van der Waals surface area contributed by atoms with E-state index in [1.165, 1.54) is 12.0 Å². The zero-order valence-electron chi connectivity index (χ0n) is 13.0. The average molecular weight is 285 g/mol. The second-order valence-electron chi connectivity index (χ2n) is 4.98. The fourth-order valence-corrected chi connectivity index (χ4v) is 2.27. The number of methoxy groups -OCH3 is 2. The van der Waals surface area contributed by atoms with Crippen LogP contribution >= 0.6 is 0 Å². The molecule has 2 rings (SSSR count). The Bertz CT molecular complexity index is 564. The van der Waals surface area contributed by atoms with Crippen LogP contribution in [0, 0.1) is 0 Å². The fraction of sp³-hybridized carbons (Fsp3) is 0.333. The number of anilines is 1. The van der Waals surface area contributed by atoms with Crippen LogP contribution in [0.15, 0.2) is 42.5 Å². The Kier molecular flexibility index (Phi) is 5.50. The highest BCUT2D eigenvalue weighted by atomic mass is 16.5. The molecular formula is C18H23NO2. The van der Waals surface area contributed by atoms with Crippen LogP contribution in [0.3, 0.4) is 0 Å². The molecule has 21 heavy (non-hydrogen) atoms. The van der Waals surface area contributed by atoms with E-state index in [4.69, 9.17) is 9.47 Å². The Balaban J connectivity index is 2.02. The Morgan fingerprint density at radius 1 is 0.952 bits per heavy atom. The number of hydrogen-bond acceptors (Lipinski definition) is 3. The topological polar surface area (TPSA) is 30.5 Å². The Morgan fingerprint density at radius 3 is 2.33 bits per heavy atom. The summed E-state index contributed by atoms with van der Waals surface area (Å²) in [5.41, 5.74) is 3.61. The summed E-state index contributed by atoms with van der Waals surface area (Å²) in [5.74, 6) is 1.64. The molecule has 0 saturated heterocycles. The third-order valence-corrected chi connectivity index (χ3v) is 3.47. The van der Waals surface area contributed by atoms with Crippen molar-refractivity contribution in [2.24, 2.45) is 0 Å². The molecule has 3 heteroatoms. The van der Waals surface area contributed by atoms with Crippen LogP contribution in [0.4, 0.5) is 5.69 Å². The molecule has 3 nitrogen and oxygen atoms in total. The summed E-state index contributed by atoms with van der Waals surface area (Å²) in [6, 6.07) is 14.5. The van der Waals surface area contributed by atoms with Gasteiger partial charge in [-0.25, -0.2) is 0 Å². The van der Waals surface area contributed by atoms with E-state index in [-0.39, 0.29) is 0 Å². The molecule has 0 aromatic heterocycles. The summed E-state index contributed by atoms with van der Waals surface area (Å²) in [5, 5.41) is 3.42. The van der Waals surface area contributed by atoms with Crippen LogP contribution in [0.1, 0.15) is 24.5 Å². The summed E-state index contributed by atoms with van der Waals surface area (Å²) in [6.07, 6.45) is 2.31. The number of rotatable bonds is 7. The normalized spacial score (nSPS) is 10.2. The number of benzene rings is 2. The molecule has 0 aliphatic rings. The molecule has 0 amide bonds. The Labute approximate surface area is 126 Å². The van der Waals surface area contributed by atoms with Crippen molar-refractivity contribution >= 4 is 5.69 Å². The maximum Gasteiger partial charge on any atom is 0.127 e. The molecule has 0 heterocycles. The van der Waals surface area contributed by atoms with Gasteiger partial charge in [0.05, 0.1) is 14.2 Å². The zero-order valence-corrected chi connectivity index (χ0v) is 13.0. The van der Waals surface area contributed by atoms with E-state index in [2.05, 4.69) is 36.5 Å². The number of hydrogen-bond donors (Lipinski definition) is 1. The van der Waals surface area contributed by atoms with E-state index in [1.807, 2.05) is 18.2 Å². The van der Waals surface area contributed by atoms with E-state index in [0.717, 1.165) is 35.7 Å². The van der Waals surface area contributed by atoms with Crippen LogP contribution < -0.4 is 14.8 Å². The largest absolute Gasteiger partial charge is 0.497 e. The van der Waals surface area contributed by atoms with Gasteiger partial charge in [0.1, 0.15) is 11.5 Å². The molecule has 0 aliphatic carbocycles. The monoisotopic (exact) mass is 285 g/mol. The Morgan fingerprint density at radius 2 is 1.71 bits per heavy atom. The van der Waals surface area contributed by atoms with E-state index >= 15 is 0 Å². The lowest BCUT2D eigenvalue weighted by atomic mass is 10.1. The van der Waals surface area contributed by atoms with Gasteiger partial charge >= 0.3 is 0 Å². The molecule has 0 radical (unpaired) electrons. The van der Waals surface area contributed by atoms with Gasteiger partial charge in [0, 0.05) is 23.9 Å². The first-order valence-electron chi connectivity index (χ1n) is 7.30. The minimum absolute atomic E-state index is 0.723. The summed E-state index contributed by atoms with van der Waals surface area (Å²) in [4.78, 5) is 0. The average Bonchev–Trinajstić information content (AvgIpc) is 2.54. The maximum atomic E-state index is 5.41. The molecule has 0 fully saturated rings. The molecule has 0 aliphatic heterocycles. The lowest BCUT2D eigenvalue weighted by Crippen LogP contribution is -2.02. The summed E-state index contributed by atoms with van der Waals surface area (Å²) in [7, 11) is 3.34. The minimum Gasteiger partial charge on any atom is -0.497 e. The predicted molar refractivity (Wildman–Crippen MR) is 87.3 cm³/mol. The van der Waals surface area contributed by atoms with Crippen LogP contribution in [0.25, 0.3) is 0 Å². The molecule has 112 valence electrons. The molecule has 2 aromatic rings. The summed E-state index contributed by atoms with van der Waals surface area (Å²) < 4.78 is 10.6. The quantitative estimate of drug-likeness (QED) is 0.824. The lowest BCUT2D eigenvalue weighted by Gasteiger charge is -2.12. The van der Waals surface area contributed by atoms with Gasteiger partial charge in [0.25, 0.3) is 0 Å². The van der Waals surface area contributed by atoms with Gasteiger partial charge in [-0.05, 0) is 36.2 Å². The SMILES string of the molecule is CCCc1ccc(NCc2ccc(OC)cc2OC)cc1. The standard InChI is InChI=1S/C18H23NO2/c1-4-5-14-6-9-16(10-7-14)19-13-15-8-11-17(20-2)12-18(15)21-3/h6-12,19H,4-5,13H2,1-3H3. The van der Waals surface area contributed by atoms with E-state index in [9.17, 15) is 0 Å². The second-order valence-corrected chi connectivity index (χ2v) is 4.98. The van der Waals surface area contributed by atoms with Crippen molar-refractivity contribution in [1.82, 2.24) is 0 Å².